The van der Waals surface area contributed by atoms with Gasteiger partial charge in [-0.2, -0.15) is 0 Å². The van der Waals surface area contributed by atoms with Gasteiger partial charge in [-0.1, -0.05) is 39.0 Å². The predicted octanol–water partition coefficient (Wildman–Crippen LogP) is 4.04. The molecule has 0 spiro atoms. The number of nitrogens with zero attached hydrogens (tertiary/aromatic N) is 1. The van der Waals surface area contributed by atoms with Crippen LogP contribution in [0.2, 0.25) is 0 Å². The number of rotatable bonds is 4. The van der Waals surface area contributed by atoms with Crippen molar-refractivity contribution >= 4 is 11.3 Å². The Balaban J connectivity index is 2.08. The second kappa shape index (κ2) is 5.94. The Morgan fingerprint density at radius 3 is 2.60 bits per heavy atom. The summed E-state index contributed by atoms with van der Waals surface area (Å²) >= 11 is 1.64. The van der Waals surface area contributed by atoms with E-state index in [-0.39, 0.29) is 11.5 Å². The van der Waals surface area contributed by atoms with E-state index in [1.165, 1.54) is 0 Å². The number of para-hydroxylation sites is 1. The first-order valence-electron chi connectivity index (χ1n) is 6.80. The third-order valence-corrected chi connectivity index (χ3v) is 3.90. The minimum atomic E-state index is -0.0346. The van der Waals surface area contributed by atoms with Gasteiger partial charge in [-0.15, -0.1) is 11.3 Å². The van der Waals surface area contributed by atoms with Crippen LogP contribution in [0.4, 0.5) is 0 Å². The topological polar surface area (TPSA) is 48.1 Å². The number of thiazole rings is 1. The van der Waals surface area contributed by atoms with Crippen molar-refractivity contribution < 1.29 is 4.74 Å². The Hall–Kier alpha value is -1.39. The second-order valence-electron chi connectivity index (χ2n) is 5.99. The zero-order valence-corrected chi connectivity index (χ0v) is 13.3. The average Bonchev–Trinajstić information content (AvgIpc) is 2.85. The fourth-order valence-corrected chi connectivity index (χ4v) is 2.78. The lowest BCUT2D eigenvalue weighted by molar-refractivity contribution is 0.300. The molecule has 0 bridgehead atoms. The van der Waals surface area contributed by atoms with Gasteiger partial charge in [0, 0.05) is 22.4 Å². The van der Waals surface area contributed by atoms with Gasteiger partial charge in [0.15, 0.2) is 0 Å². The van der Waals surface area contributed by atoms with Gasteiger partial charge in [0.1, 0.15) is 17.4 Å². The van der Waals surface area contributed by atoms with Crippen molar-refractivity contribution in [2.75, 3.05) is 0 Å². The molecule has 1 atom stereocenters. The standard InChI is InChI=1S/C16H22N2OS/c1-11(17)12-7-5-6-8-13(12)19-9-15-18-14(10-20-15)16(2,3)4/h5-8,10-11H,9,17H2,1-4H3. The van der Waals surface area contributed by atoms with Crippen molar-refractivity contribution in [1.82, 2.24) is 4.98 Å². The summed E-state index contributed by atoms with van der Waals surface area (Å²) in [5, 5.41) is 3.10. The van der Waals surface area contributed by atoms with E-state index >= 15 is 0 Å². The highest BCUT2D eigenvalue weighted by molar-refractivity contribution is 7.09. The molecule has 1 aromatic heterocycles. The first-order chi connectivity index (χ1) is 9.38. The van der Waals surface area contributed by atoms with Crippen molar-refractivity contribution in [3.8, 4) is 5.75 Å². The molecule has 1 aromatic carbocycles. The third-order valence-electron chi connectivity index (χ3n) is 3.08. The molecular weight excluding hydrogens is 268 g/mol. The maximum absolute atomic E-state index is 5.95. The molecule has 4 heteroatoms. The maximum atomic E-state index is 5.95. The monoisotopic (exact) mass is 290 g/mol. The molecule has 1 heterocycles. The van der Waals surface area contributed by atoms with Crippen LogP contribution >= 0.6 is 11.3 Å². The number of ether oxygens (including phenoxy) is 1. The van der Waals surface area contributed by atoms with Crippen LogP contribution in [0.5, 0.6) is 5.75 Å². The van der Waals surface area contributed by atoms with E-state index in [2.05, 4.69) is 31.1 Å². The Morgan fingerprint density at radius 1 is 1.30 bits per heavy atom. The molecule has 0 radical (unpaired) electrons. The molecule has 1 unspecified atom stereocenters. The quantitative estimate of drug-likeness (QED) is 0.924. The van der Waals surface area contributed by atoms with Crippen LogP contribution < -0.4 is 10.5 Å². The predicted molar refractivity (Wildman–Crippen MR) is 84.2 cm³/mol. The molecule has 2 aromatic rings. The molecule has 0 aliphatic carbocycles. The highest BCUT2D eigenvalue weighted by atomic mass is 32.1. The van der Waals surface area contributed by atoms with E-state index in [4.69, 9.17) is 10.5 Å². The van der Waals surface area contributed by atoms with Gasteiger partial charge in [-0.3, -0.25) is 0 Å². The van der Waals surface area contributed by atoms with E-state index < -0.39 is 0 Å². The summed E-state index contributed by atoms with van der Waals surface area (Å²) in [6.45, 7) is 8.95. The Kier molecular flexibility index (Phi) is 4.45. The van der Waals surface area contributed by atoms with E-state index in [1.807, 2.05) is 31.2 Å². The Morgan fingerprint density at radius 2 is 2.00 bits per heavy atom. The zero-order valence-electron chi connectivity index (χ0n) is 12.5. The molecule has 0 amide bonds. The molecule has 108 valence electrons. The van der Waals surface area contributed by atoms with Crippen LogP contribution in [0.1, 0.15) is 50.0 Å². The minimum absolute atomic E-state index is 0.0346. The lowest BCUT2D eigenvalue weighted by Crippen LogP contribution is -2.12. The molecule has 0 aliphatic heterocycles. The SMILES string of the molecule is CC(N)c1ccccc1OCc1nc(C(C)(C)C)cs1. The summed E-state index contributed by atoms with van der Waals surface area (Å²) in [5.74, 6) is 0.843. The van der Waals surface area contributed by atoms with Gasteiger partial charge in [-0.05, 0) is 13.0 Å². The number of hydrogen-bond donors (Lipinski definition) is 1. The van der Waals surface area contributed by atoms with E-state index in [0.717, 1.165) is 22.0 Å². The lowest BCUT2D eigenvalue weighted by Gasteiger charge is -2.14. The van der Waals surface area contributed by atoms with Crippen LogP contribution in [0, 0.1) is 0 Å². The molecule has 0 aliphatic rings. The van der Waals surface area contributed by atoms with Crippen LogP contribution in [0.15, 0.2) is 29.6 Å². The highest BCUT2D eigenvalue weighted by Crippen LogP contribution is 2.27. The molecule has 0 fully saturated rings. The van der Waals surface area contributed by atoms with E-state index in [0.29, 0.717) is 6.61 Å². The molecule has 3 nitrogen and oxygen atoms in total. The van der Waals surface area contributed by atoms with Gasteiger partial charge >= 0.3 is 0 Å². The number of aromatic nitrogens is 1. The summed E-state index contributed by atoms with van der Waals surface area (Å²) < 4.78 is 5.88. The summed E-state index contributed by atoms with van der Waals surface area (Å²) in [4.78, 5) is 4.63. The molecule has 0 saturated heterocycles. The largest absolute Gasteiger partial charge is 0.486 e. The van der Waals surface area contributed by atoms with Crippen molar-refractivity contribution in [3.63, 3.8) is 0 Å². The Bertz CT molecular complexity index is 570. The molecule has 0 saturated carbocycles. The smallest absolute Gasteiger partial charge is 0.140 e. The van der Waals surface area contributed by atoms with Gasteiger partial charge in [-0.25, -0.2) is 4.98 Å². The first kappa shape index (κ1) is 15.0. The summed E-state index contributed by atoms with van der Waals surface area (Å²) in [5.41, 5.74) is 8.17. The van der Waals surface area contributed by atoms with Crippen LogP contribution in [-0.2, 0) is 12.0 Å². The van der Waals surface area contributed by atoms with Gasteiger partial charge in [0.05, 0.1) is 5.69 Å². The van der Waals surface area contributed by atoms with Crippen molar-refractivity contribution in [2.45, 2.75) is 45.8 Å². The number of benzene rings is 1. The first-order valence-corrected chi connectivity index (χ1v) is 7.68. The third kappa shape index (κ3) is 3.58. The number of nitrogens with two attached hydrogens (primary N) is 1. The lowest BCUT2D eigenvalue weighted by atomic mass is 9.93. The fourth-order valence-electron chi connectivity index (χ4n) is 1.85. The van der Waals surface area contributed by atoms with Gasteiger partial charge < -0.3 is 10.5 Å². The maximum Gasteiger partial charge on any atom is 0.140 e. The highest BCUT2D eigenvalue weighted by Gasteiger charge is 2.17. The van der Waals surface area contributed by atoms with Crippen molar-refractivity contribution in [3.05, 3.63) is 45.9 Å². The molecule has 20 heavy (non-hydrogen) atoms. The van der Waals surface area contributed by atoms with Crippen LogP contribution in [0.3, 0.4) is 0 Å². The minimum Gasteiger partial charge on any atom is -0.486 e. The number of hydrogen-bond acceptors (Lipinski definition) is 4. The zero-order chi connectivity index (χ0) is 14.8. The van der Waals surface area contributed by atoms with E-state index in [9.17, 15) is 0 Å². The summed E-state index contributed by atoms with van der Waals surface area (Å²) in [6, 6.07) is 7.86. The molecule has 2 rings (SSSR count). The van der Waals surface area contributed by atoms with Crippen LogP contribution in [0.25, 0.3) is 0 Å². The summed E-state index contributed by atoms with van der Waals surface area (Å²) in [7, 11) is 0. The van der Waals surface area contributed by atoms with E-state index in [1.54, 1.807) is 11.3 Å². The van der Waals surface area contributed by atoms with Crippen LogP contribution in [-0.4, -0.2) is 4.98 Å². The second-order valence-corrected chi connectivity index (χ2v) is 6.93. The average molecular weight is 290 g/mol. The van der Waals surface area contributed by atoms with Gasteiger partial charge in [0.25, 0.3) is 0 Å². The molecular formula is C16H22N2OS. The van der Waals surface area contributed by atoms with Gasteiger partial charge in [0.2, 0.25) is 0 Å². The van der Waals surface area contributed by atoms with Crippen molar-refractivity contribution in [2.24, 2.45) is 5.73 Å². The fraction of sp³-hybridized carbons (Fsp3) is 0.438. The van der Waals surface area contributed by atoms with Crippen molar-refractivity contribution in [1.29, 1.82) is 0 Å². The normalized spacial score (nSPS) is 13.2. The molecule has 2 N–H and O–H groups in total. The summed E-state index contributed by atoms with van der Waals surface area (Å²) in [6.07, 6.45) is 0. The Labute approximate surface area is 124 Å².